The molecule has 0 fully saturated rings. The van der Waals surface area contributed by atoms with E-state index in [0.717, 1.165) is 18.2 Å². The summed E-state index contributed by atoms with van der Waals surface area (Å²) in [5, 5.41) is 31.2. The number of benzene rings is 4. The number of nitrogens with zero attached hydrogens (tertiary/aromatic N) is 4. The monoisotopic (exact) mass is 705 g/mol. The third-order valence-corrected chi connectivity index (χ3v) is 11.4. The molecule has 0 aliphatic carbocycles. The number of hydrogen-bond acceptors (Lipinski definition) is 14. The molecule has 0 spiro atoms. The van der Waals surface area contributed by atoms with Crippen LogP contribution < -0.4 is 14.8 Å². The molecule has 0 saturated heterocycles. The summed E-state index contributed by atoms with van der Waals surface area (Å²) in [4.78, 5) is -1.13. The van der Waals surface area contributed by atoms with Gasteiger partial charge in [0.05, 0.1) is 36.3 Å². The third kappa shape index (κ3) is 7.19. The first-order valence-electron chi connectivity index (χ1n) is 13.7. The zero-order chi connectivity index (χ0) is 34.7. The van der Waals surface area contributed by atoms with E-state index < -0.39 is 34.7 Å². The Hall–Kier alpha value is -4.65. The molecule has 18 heteroatoms. The van der Waals surface area contributed by atoms with Crippen molar-refractivity contribution in [3.63, 3.8) is 0 Å². The van der Waals surface area contributed by atoms with Crippen LogP contribution in [-0.4, -0.2) is 67.7 Å². The van der Waals surface area contributed by atoms with Crippen LogP contribution in [0.5, 0.6) is 17.2 Å². The third-order valence-electron chi connectivity index (χ3n) is 7.04. The summed E-state index contributed by atoms with van der Waals surface area (Å²) in [5.74, 6) is -0.602. The van der Waals surface area contributed by atoms with Crippen LogP contribution >= 0.6 is 0 Å². The second-order valence-electron chi connectivity index (χ2n) is 9.73. The fourth-order valence-electron chi connectivity index (χ4n) is 4.44. The van der Waals surface area contributed by atoms with Gasteiger partial charge in [-0.2, -0.15) is 8.42 Å². The predicted octanol–water partition coefficient (Wildman–Crippen LogP) is 6.27. The molecule has 0 radical (unpaired) electrons. The summed E-state index contributed by atoms with van der Waals surface area (Å²) in [6.45, 7) is 2.89. The highest BCUT2D eigenvalue weighted by Crippen LogP contribution is 2.44. The summed E-state index contributed by atoms with van der Waals surface area (Å²) in [6, 6.07) is 11.9. The van der Waals surface area contributed by atoms with Crippen LogP contribution in [0, 0.1) is 0 Å². The number of ether oxygens (including phenoxy) is 2. The maximum absolute atomic E-state index is 12.5. The smallest absolute Gasteiger partial charge is 0.296 e. The molecule has 0 aliphatic heterocycles. The molecule has 0 bridgehead atoms. The molecular formula is C29H31N5O10S3. The number of phenolic OH excluding ortho intramolecular Hbond substituents is 1. The Morgan fingerprint density at radius 3 is 1.87 bits per heavy atom. The van der Waals surface area contributed by atoms with Crippen LogP contribution in [0.15, 0.2) is 89.7 Å². The SMILES string of the molecule is CCS(=O)(=O)c1ccc(N=Nc2c(NC)ccc3c(O)c(N=Nc4cc(OC)c(S(=O)(=O)CC)cc4OC)ccc23)c(S(=O)(=O)O)c1. The van der Waals surface area contributed by atoms with E-state index in [1.54, 1.807) is 25.2 Å². The molecule has 0 atom stereocenters. The van der Waals surface area contributed by atoms with Crippen molar-refractivity contribution in [2.45, 2.75) is 28.5 Å². The van der Waals surface area contributed by atoms with Gasteiger partial charge in [-0.15, -0.1) is 20.5 Å². The summed E-state index contributed by atoms with van der Waals surface area (Å²) in [6.07, 6.45) is 0. The van der Waals surface area contributed by atoms with Crippen molar-refractivity contribution in [2.75, 3.05) is 38.1 Å². The lowest BCUT2D eigenvalue weighted by molar-refractivity contribution is 0.393. The van der Waals surface area contributed by atoms with E-state index >= 15 is 0 Å². The summed E-state index contributed by atoms with van der Waals surface area (Å²) in [7, 11) is -8.07. The molecule has 47 heavy (non-hydrogen) atoms. The van der Waals surface area contributed by atoms with Crippen molar-refractivity contribution in [1.29, 1.82) is 0 Å². The maximum Gasteiger partial charge on any atom is 0.296 e. The molecule has 0 unspecified atom stereocenters. The topological polar surface area (TPSA) is 223 Å². The maximum atomic E-state index is 12.5. The molecule has 0 aromatic heterocycles. The van der Waals surface area contributed by atoms with Crippen molar-refractivity contribution >= 4 is 69.0 Å². The van der Waals surface area contributed by atoms with Gasteiger partial charge in [0.15, 0.2) is 25.4 Å². The highest BCUT2D eigenvalue weighted by Gasteiger charge is 2.23. The zero-order valence-corrected chi connectivity index (χ0v) is 28.2. The molecule has 15 nitrogen and oxygen atoms in total. The average Bonchev–Trinajstić information content (AvgIpc) is 3.05. The second-order valence-corrected chi connectivity index (χ2v) is 15.6. The van der Waals surface area contributed by atoms with Gasteiger partial charge in [0, 0.05) is 30.0 Å². The van der Waals surface area contributed by atoms with Gasteiger partial charge in [0.25, 0.3) is 10.1 Å². The van der Waals surface area contributed by atoms with Gasteiger partial charge >= 0.3 is 0 Å². The number of anilines is 1. The molecule has 4 rings (SSSR count). The van der Waals surface area contributed by atoms with Crippen LogP contribution in [0.2, 0.25) is 0 Å². The van der Waals surface area contributed by atoms with E-state index in [9.17, 15) is 34.9 Å². The van der Waals surface area contributed by atoms with E-state index in [0.29, 0.717) is 11.1 Å². The first-order chi connectivity index (χ1) is 22.1. The minimum absolute atomic E-state index is 0.0326. The summed E-state index contributed by atoms with van der Waals surface area (Å²) < 4.78 is 94.3. The van der Waals surface area contributed by atoms with E-state index in [1.165, 1.54) is 46.3 Å². The van der Waals surface area contributed by atoms with Gasteiger partial charge in [0.2, 0.25) is 0 Å². The van der Waals surface area contributed by atoms with Crippen molar-refractivity contribution in [1.82, 2.24) is 0 Å². The Bertz CT molecular complexity index is 2250. The number of azo groups is 2. The number of sulfone groups is 2. The average molecular weight is 706 g/mol. The molecule has 0 saturated carbocycles. The number of hydrogen-bond donors (Lipinski definition) is 3. The molecule has 250 valence electrons. The standard InChI is InChI=1S/C29H31N5O10S3/c1-6-45(36,37)17-8-11-20(26(14-17)47(40,41)42)31-34-28-18-9-13-22(29(35)19(18)10-12-21(28)30-3)32-33-23-15-25(44-5)27(16-24(23)43-4)46(38,39)7-2/h8-16,30,35H,6-7H2,1-5H3,(H,40,41,42). The van der Waals surface area contributed by atoms with E-state index in [-0.39, 0.29) is 66.7 Å². The van der Waals surface area contributed by atoms with Gasteiger partial charge in [-0.3, -0.25) is 4.55 Å². The molecule has 4 aromatic rings. The van der Waals surface area contributed by atoms with Gasteiger partial charge in [-0.1, -0.05) is 13.8 Å². The van der Waals surface area contributed by atoms with E-state index in [4.69, 9.17) is 9.47 Å². The fourth-order valence-corrected chi connectivity index (χ4v) is 7.11. The lowest BCUT2D eigenvalue weighted by Crippen LogP contribution is -2.06. The van der Waals surface area contributed by atoms with Gasteiger partial charge < -0.3 is 19.9 Å². The quantitative estimate of drug-likeness (QED) is 0.110. The summed E-state index contributed by atoms with van der Waals surface area (Å²) in [5.41, 5.74) is 0.456. The van der Waals surface area contributed by atoms with E-state index in [1.807, 2.05) is 0 Å². The normalized spacial score (nSPS) is 12.6. The van der Waals surface area contributed by atoms with Crippen molar-refractivity contribution in [2.24, 2.45) is 20.5 Å². The molecule has 0 heterocycles. The number of nitrogens with one attached hydrogen (secondary N) is 1. The van der Waals surface area contributed by atoms with Crippen molar-refractivity contribution < 1.29 is 44.4 Å². The highest BCUT2D eigenvalue weighted by atomic mass is 32.2. The number of aromatic hydroxyl groups is 1. The Balaban J connectivity index is 1.81. The second kappa shape index (κ2) is 13.6. The lowest BCUT2D eigenvalue weighted by Gasteiger charge is -2.12. The van der Waals surface area contributed by atoms with Crippen molar-refractivity contribution in [3.05, 3.63) is 54.6 Å². The minimum atomic E-state index is -4.89. The van der Waals surface area contributed by atoms with Crippen LogP contribution in [0.25, 0.3) is 10.8 Å². The molecule has 4 aromatic carbocycles. The molecule has 3 N–H and O–H groups in total. The Labute approximate surface area is 271 Å². The number of fused-ring (bicyclic) bond motifs is 1. The van der Waals surface area contributed by atoms with E-state index in [2.05, 4.69) is 25.8 Å². The number of methoxy groups -OCH3 is 2. The number of phenols is 1. The lowest BCUT2D eigenvalue weighted by atomic mass is 10.1. The molecule has 0 aliphatic rings. The van der Waals surface area contributed by atoms with Crippen LogP contribution in [0.4, 0.5) is 28.4 Å². The van der Waals surface area contributed by atoms with Gasteiger partial charge in [0.1, 0.15) is 44.0 Å². The van der Waals surface area contributed by atoms with Crippen LogP contribution in [0.3, 0.4) is 0 Å². The Kier molecular flexibility index (Phi) is 10.2. The predicted molar refractivity (Wildman–Crippen MR) is 175 cm³/mol. The first-order valence-corrected chi connectivity index (χ1v) is 18.5. The minimum Gasteiger partial charge on any atom is -0.505 e. The highest BCUT2D eigenvalue weighted by molar-refractivity contribution is 7.91. The van der Waals surface area contributed by atoms with Gasteiger partial charge in [-0.05, 0) is 42.5 Å². The summed E-state index contributed by atoms with van der Waals surface area (Å²) >= 11 is 0. The molecular weight excluding hydrogens is 675 g/mol. The zero-order valence-electron chi connectivity index (χ0n) is 25.8. The largest absolute Gasteiger partial charge is 0.505 e. The van der Waals surface area contributed by atoms with Gasteiger partial charge in [-0.25, -0.2) is 16.8 Å². The first kappa shape index (κ1) is 35.2. The Morgan fingerprint density at radius 2 is 1.28 bits per heavy atom. The molecule has 0 amide bonds. The van der Waals surface area contributed by atoms with Crippen molar-refractivity contribution in [3.8, 4) is 17.2 Å². The van der Waals surface area contributed by atoms with Crippen LogP contribution in [0.1, 0.15) is 13.8 Å². The van der Waals surface area contributed by atoms with Crippen LogP contribution in [-0.2, 0) is 29.8 Å². The Morgan fingerprint density at radius 1 is 0.681 bits per heavy atom. The number of rotatable bonds is 12. The fraction of sp³-hybridized carbons (Fsp3) is 0.241.